The predicted molar refractivity (Wildman–Crippen MR) is 145 cm³/mol. The summed E-state index contributed by atoms with van der Waals surface area (Å²) in [6, 6.07) is 5.50. The van der Waals surface area contributed by atoms with Crippen LogP contribution in [0.3, 0.4) is 0 Å². The van der Waals surface area contributed by atoms with Gasteiger partial charge in [-0.05, 0) is 23.0 Å². The lowest BCUT2D eigenvalue weighted by Crippen LogP contribution is -2.60. The Labute approximate surface area is 249 Å². The van der Waals surface area contributed by atoms with Gasteiger partial charge >= 0.3 is 6.16 Å². The average molecular weight is 621 g/mol. The molecule has 1 aromatic carbocycles. The summed E-state index contributed by atoms with van der Waals surface area (Å²) in [6.07, 6.45) is -18.2. The molecule has 0 amide bonds. The van der Waals surface area contributed by atoms with Gasteiger partial charge in [0.2, 0.25) is 0 Å². The first-order valence-electron chi connectivity index (χ1n) is 14.2. The highest BCUT2D eigenvalue weighted by Gasteiger charge is 2.46. The minimum absolute atomic E-state index is 0.00124. The number of carbonyl (C=O) groups is 1. The number of benzene rings is 1. The Morgan fingerprint density at radius 3 is 1.51 bits per heavy atom. The fourth-order valence-corrected chi connectivity index (χ4v) is 4.77. The quantitative estimate of drug-likeness (QED) is 0.0976. The number of aliphatic hydroxyl groups excluding tert-OH is 8. The Morgan fingerprint density at radius 2 is 1.14 bits per heavy atom. The lowest BCUT2D eigenvalue weighted by molar-refractivity contribution is -0.314. The highest BCUT2D eigenvalue weighted by atomic mass is 16.8. The van der Waals surface area contributed by atoms with Gasteiger partial charge in [0.05, 0.1) is 26.4 Å². The molecule has 2 aliphatic heterocycles. The van der Waals surface area contributed by atoms with Gasteiger partial charge < -0.3 is 69.3 Å². The Balaban J connectivity index is 1.77. The second kappa shape index (κ2) is 15.8. The van der Waals surface area contributed by atoms with Crippen LogP contribution in [0, 0.1) is 0 Å². The largest absolute Gasteiger partial charge is 0.514 e. The number of carbonyl (C=O) groups excluding carboxylic acids is 1. The molecule has 2 fully saturated rings. The van der Waals surface area contributed by atoms with E-state index in [0.29, 0.717) is 5.75 Å². The molecule has 15 heteroatoms. The summed E-state index contributed by atoms with van der Waals surface area (Å²) in [4.78, 5) is 13.1. The molecule has 10 unspecified atom stereocenters. The molecule has 1 aromatic rings. The van der Waals surface area contributed by atoms with E-state index in [0.717, 1.165) is 11.1 Å². The predicted octanol–water partition coefficient (Wildman–Crippen LogP) is -1.55. The molecule has 15 nitrogen and oxygen atoms in total. The van der Waals surface area contributed by atoms with E-state index >= 15 is 0 Å². The molecule has 2 saturated heterocycles. The van der Waals surface area contributed by atoms with Crippen LogP contribution in [-0.4, -0.2) is 141 Å². The number of ether oxygens (including phenoxy) is 6. The molecule has 0 aromatic heterocycles. The Kier molecular flexibility index (Phi) is 13.1. The highest BCUT2D eigenvalue weighted by Crippen LogP contribution is 2.35. The Bertz CT molecular complexity index is 952. The topological polar surface area (TPSA) is 234 Å². The Morgan fingerprint density at radius 1 is 0.721 bits per heavy atom. The number of para-hydroxylation sites is 1. The minimum atomic E-state index is -1.73. The molecule has 10 atom stereocenters. The molecule has 3 rings (SSSR count). The van der Waals surface area contributed by atoms with Gasteiger partial charge in [0, 0.05) is 0 Å². The molecular weight excluding hydrogens is 576 g/mol. The molecule has 246 valence electrons. The van der Waals surface area contributed by atoms with Crippen molar-refractivity contribution in [3.63, 3.8) is 0 Å². The number of hydrogen-bond acceptors (Lipinski definition) is 15. The van der Waals surface area contributed by atoms with Crippen molar-refractivity contribution < 1.29 is 74.1 Å². The summed E-state index contributed by atoms with van der Waals surface area (Å²) in [5.74, 6) is 0.323. The van der Waals surface area contributed by atoms with E-state index in [9.17, 15) is 45.6 Å². The van der Waals surface area contributed by atoms with Crippen molar-refractivity contribution in [1.82, 2.24) is 0 Å². The van der Waals surface area contributed by atoms with Crippen molar-refractivity contribution in [3.05, 3.63) is 29.3 Å². The summed E-state index contributed by atoms with van der Waals surface area (Å²) in [6.45, 7) is 5.27. The number of aliphatic hydroxyl groups is 8. The highest BCUT2D eigenvalue weighted by molar-refractivity contribution is 5.66. The first kappa shape index (κ1) is 35.5. The third-order valence-electron chi connectivity index (χ3n) is 7.36. The molecule has 0 aliphatic carbocycles. The van der Waals surface area contributed by atoms with Crippen molar-refractivity contribution in [2.45, 2.75) is 107 Å². The van der Waals surface area contributed by atoms with Gasteiger partial charge in [-0.25, -0.2) is 4.79 Å². The second-order valence-corrected chi connectivity index (χ2v) is 11.2. The molecule has 8 N–H and O–H groups in total. The summed E-state index contributed by atoms with van der Waals surface area (Å²) in [5, 5.41) is 79.7. The van der Waals surface area contributed by atoms with Gasteiger partial charge in [-0.15, -0.1) is 0 Å². The van der Waals surface area contributed by atoms with Gasteiger partial charge in [0.25, 0.3) is 0 Å². The van der Waals surface area contributed by atoms with Crippen LogP contribution in [0.5, 0.6) is 5.75 Å². The lowest BCUT2D eigenvalue weighted by atomic mass is 9.94. The van der Waals surface area contributed by atoms with Crippen molar-refractivity contribution in [3.8, 4) is 5.75 Å². The van der Waals surface area contributed by atoms with Crippen LogP contribution < -0.4 is 4.74 Å². The van der Waals surface area contributed by atoms with Crippen molar-refractivity contribution in [2.75, 3.05) is 26.4 Å². The van der Waals surface area contributed by atoms with Crippen LogP contribution in [0.25, 0.3) is 0 Å². The van der Waals surface area contributed by atoms with Gasteiger partial charge in [0.15, 0.2) is 18.7 Å². The van der Waals surface area contributed by atoms with Gasteiger partial charge in [-0.3, -0.25) is 0 Å². The van der Waals surface area contributed by atoms with Gasteiger partial charge in [0.1, 0.15) is 54.6 Å². The zero-order valence-corrected chi connectivity index (χ0v) is 24.5. The molecule has 43 heavy (non-hydrogen) atoms. The molecule has 2 heterocycles. The summed E-state index contributed by atoms with van der Waals surface area (Å²) >= 11 is 0. The van der Waals surface area contributed by atoms with E-state index < -0.39 is 100 Å². The number of hydrogen-bond donors (Lipinski definition) is 8. The molecule has 2 aliphatic rings. The fraction of sp³-hybridized carbons (Fsp3) is 0.750. The van der Waals surface area contributed by atoms with E-state index in [1.807, 2.05) is 45.9 Å². The van der Waals surface area contributed by atoms with Crippen molar-refractivity contribution in [1.29, 1.82) is 0 Å². The Hall–Kier alpha value is -1.99. The normalized spacial score (nSPS) is 33.9. The maximum absolute atomic E-state index is 13.1. The van der Waals surface area contributed by atoms with Crippen LogP contribution in [0.15, 0.2) is 18.2 Å². The van der Waals surface area contributed by atoms with Crippen molar-refractivity contribution in [2.24, 2.45) is 0 Å². The first-order chi connectivity index (χ1) is 20.3. The third kappa shape index (κ3) is 8.59. The monoisotopic (exact) mass is 620 g/mol. The van der Waals surface area contributed by atoms with Crippen LogP contribution in [-0.2, 0) is 23.7 Å². The van der Waals surface area contributed by atoms with E-state index in [1.54, 1.807) is 0 Å². The zero-order chi connectivity index (χ0) is 32.0. The molecule has 0 radical (unpaired) electrons. The second-order valence-electron chi connectivity index (χ2n) is 11.2. The summed E-state index contributed by atoms with van der Waals surface area (Å²) in [7, 11) is 0. The first-order valence-corrected chi connectivity index (χ1v) is 14.2. The van der Waals surface area contributed by atoms with E-state index in [1.165, 1.54) is 0 Å². The van der Waals surface area contributed by atoms with E-state index in [-0.39, 0.29) is 11.8 Å². The molecule has 0 bridgehead atoms. The standard InChI is InChI=1S/C28H44O15/c1-12(2)15-6-5-7-16(13(3)4)25(15)43-28(37)40-14(10-38-26-23(35)21(33)19(31)17(8-29)41-26)11-39-27-24(36)22(34)20(32)18(9-30)42-27/h5-7,12-14,17-24,26-27,29-36H,8-11H2,1-4H3. The van der Waals surface area contributed by atoms with Gasteiger partial charge in [-0.1, -0.05) is 45.9 Å². The minimum Gasteiger partial charge on any atom is -0.426 e. The van der Waals surface area contributed by atoms with Gasteiger partial charge in [-0.2, -0.15) is 0 Å². The van der Waals surface area contributed by atoms with E-state index in [2.05, 4.69) is 0 Å². The molecular formula is C28H44O15. The average Bonchev–Trinajstić information content (AvgIpc) is 2.97. The molecule has 0 spiro atoms. The fourth-order valence-electron chi connectivity index (χ4n) is 4.77. The smallest absolute Gasteiger partial charge is 0.426 e. The van der Waals surface area contributed by atoms with Crippen LogP contribution in [0.1, 0.15) is 50.7 Å². The van der Waals surface area contributed by atoms with E-state index in [4.69, 9.17) is 28.4 Å². The lowest BCUT2D eigenvalue weighted by Gasteiger charge is -2.40. The zero-order valence-electron chi connectivity index (χ0n) is 24.5. The van der Waals surface area contributed by atoms with Crippen LogP contribution >= 0.6 is 0 Å². The SMILES string of the molecule is CC(C)c1cccc(C(C)C)c1OC(=O)OC(COC1OC(CO)C(O)C(O)C1O)COC1OC(CO)C(O)C(O)C1O. The maximum Gasteiger partial charge on any atom is 0.514 e. The third-order valence-corrected chi connectivity index (χ3v) is 7.36. The maximum atomic E-state index is 13.1. The number of rotatable bonds is 12. The summed E-state index contributed by atoms with van der Waals surface area (Å²) < 4.78 is 32.8. The summed E-state index contributed by atoms with van der Waals surface area (Å²) in [5.41, 5.74) is 1.52. The molecule has 0 saturated carbocycles. The van der Waals surface area contributed by atoms with Crippen LogP contribution in [0.2, 0.25) is 0 Å². The van der Waals surface area contributed by atoms with Crippen molar-refractivity contribution >= 4 is 6.16 Å². The van der Waals surface area contributed by atoms with Crippen LogP contribution in [0.4, 0.5) is 4.79 Å².